The summed E-state index contributed by atoms with van der Waals surface area (Å²) in [6, 6.07) is 17.0. The van der Waals surface area contributed by atoms with Gasteiger partial charge in [-0.2, -0.15) is 4.99 Å². The van der Waals surface area contributed by atoms with E-state index in [1.54, 1.807) is 11.1 Å². The SMILES string of the molecule is COC(=O)/N=C(/C(=O)N1CCC[C@H]1c1ncc(-c2ccc(-c3ccc(-c4ccc5nc([C@@H]6CCCN6C(=O)[C@@H](NC(=O)OC)C(C)C)[nH]c5c4)c4c5ccc(o5)c34)nc2)[nH]1)C(C)C. The topological polar surface area (TPSA) is 201 Å². The van der Waals surface area contributed by atoms with E-state index in [4.69, 9.17) is 23.9 Å². The third-order valence-corrected chi connectivity index (χ3v) is 12.3. The van der Waals surface area contributed by atoms with E-state index in [-0.39, 0.29) is 41.4 Å². The van der Waals surface area contributed by atoms with E-state index in [0.717, 1.165) is 92.3 Å². The number of aliphatic imine (C=N–C) groups is 1. The number of nitrogens with zero attached hydrogens (tertiary/aromatic N) is 6. The molecule has 2 saturated heterocycles. The van der Waals surface area contributed by atoms with Gasteiger partial charge in [0.2, 0.25) is 5.91 Å². The third-order valence-electron chi connectivity index (χ3n) is 12.3. The maximum atomic E-state index is 13.8. The standard InChI is InChI=1S/C47H49N9O7/c1-24(2)40(53-46(59)61-5)44(57)55-19-7-9-34(55)42-49-23-33(52-42)27-12-15-30(48-22-27)29-14-13-28(38-36-17-18-37(63-36)39(29)38)26-11-16-31-32(21-26)51-43(50-31)35-10-8-20-56(35)45(58)41(25(3)4)54-47(60)62-6/h11-18,21-25,34-35,41H,7-10,19-20H2,1-6H3,(H,49,52)(H,50,51)(H,54,60)/b53-40+/t34-,35-,41-/m0/s1. The van der Waals surface area contributed by atoms with Gasteiger partial charge in [-0.1, -0.05) is 45.9 Å². The number of nitrogens with one attached hydrogen (secondary N) is 3. The van der Waals surface area contributed by atoms with Crippen molar-refractivity contribution in [2.75, 3.05) is 27.3 Å². The number of fused-ring (bicyclic) bond motifs is 6. The summed E-state index contributed by atoms with van der Waals surface area (Å²) in [6.45, 7) is 8.56. The summed E-state index contributed by atoms with van der Waals surface area (Å²) >= 11 is 0. The van der Waals surface area contributed by atoms with Crippen molar-refractivity contribution in [3.8, 4) is 33.6 Å². The summed E-state index contributed by atoms with van der Waals surface area (Å²) in [4.78, 5) is 80.3. The number of ether oxygens (including phenoxy) is 2. The molecule has 2 aliphatic rings. The minimum Gasteiger partial charge on any atom is -0.456 e. The average molecular weight is 852 g/mol. The zero-order valence-electron chi connectivity index (χ0n) is 36.0. The highest BCUT2D eigenvalue weighted by Crippen LogP contribution is 2.44. The van der Waals surface area contributed by atoms with Crippen molar-refractivity contribution in [2.24, 2.45) is 16.8 Å². The molecule has 0 radical (unpaired) electrons. The Morgan fingerprint density at radius 2 is 1.49 bits per heavy atom. The van der Waals surface area contributed by atoms with Crippen molar-refractivity contribution in [3.63, 3.8) is 0 Å². The zero-order chi connectivity index (χ0) is 44.1. The van der Waals surface area contributed by atoms with E-state index < -0.39 is 18.2 Å². The van der Waals surface area contributed by atoms with Crippen LogP contribution < -0.4 is 5.32 Å². The van der Waals surface area contributed by atoms with Crippen LogP contribution in [0.5, 0.6) is 0 Å². The quantitative estimate of drug-likeness (QED) is 0.112. The molecule has 16 nitrogen and oxygen atoms in total. The molecule has 3 N–H and O–H groups in total. The average Bonchev–Trinajstić information content (AvgIpc) is 4.16. The minimum absolute atomic E-state index is 0.128. The van der Waals surface area contributed by atoms with Gasteiger partial charge in [-0.3, -0.25) is 14.6 Å². The van der Waals surface area contributed by atoms with Crippen LogP contribution in [0.1, 0.15) is 77.1 Å². The number of likely N-dealkylation sites (tertiary alicyclic amines) is 2. The number of rotatable bonds is 10. The molecule has 0 unspecified atom stereocenters. The van der Waals surface area contributed by atoms with Crippen molar-refractivity contribution < 1.29 is 33.1 Å². The molecular formula is C47H49N9O7. The van der Waals surface area contributed by atoms with Gasteiger partial charge in [0.05, 0.1) is 54.9 Å². The first kappa shape index (κ1) is 41.3. The number of alkyl carbamates (subject to hydrolysis) is 1. The van der Waals surface area contributed by atoms with Crippen LogP contribution in [0.3, 0.4) is 0 Å². The monoisotopic (exact) mass is 851 g/mol. The largest absolute Gasteiger partial charge is 0.456 e. The Morgan fingerprint density at radius 3 is 2.17 bits per heavy atom. The number of imidazole rings is 2. The molecule has 0 spiro atoms. The van der Waals surface area contributed by atoms with Crippen LogP contribution in [0.2, 0.25) is 0 Å². The van der Waals surface area contributed by atoms with Crippen LogP contribution in [0.4, 0.5) is 9.59 Å². The Morgan fingerprint density at radius 1 is 0.794 bits per heavy atom. The molecule has 2 aromatic carbocycles. The summed E-state index contributed by atoms with van der Waals surface area (Å²) in [5.41, 5.74) is 8.67. The van der Waals surface area contributed by atoms with Crippen molar-refractivity contribution in [1.82, 2.24) is 40.0 Å². The van der Waals surface area contributed by atoms with E-state index in [1.807, 2.05) is 69.1 Å². The number of aromatic nitrogens is 5. The lowest BCUT2D eigenvalue weighted by molar-refractivity contribution is -0.135. The highest BCUT2D eigenvalue weighted by atomic mass is 16.5. The van der Waals surface area contributed by atoms with Crippen LogP contribution in [0.25, 0.3) is 66.6 Å². The summed E-state index contributed by atoms with van der Waals surface area (Å²) in [5, 5.41) is 4.68. The number of carbonyl (C=O) groups is 4. The zero-order valence-corrected chi connectivity index (χ0v) is 36.0. The van der Waals surface area contributed by atoms with Crippen LogP contribution in [0, 0.1) is 11.8 Å². The number of methoxy groups -OCH3 is 2. The molecule has 2 fully saturated rings. The lowest BCUT2D eigenvalue weighted by atomic mass is 9.93. The molecule has 16 heteroatoms. The van der Waals surface area contributed by atoms with Gasteiger partial charge in [-0.25, -0.2) is 19.6 Å². The van der Waals surface area contributed by atoms with Crippen molar-refractivity contribution in [3.05, 3.63) is 78.6 Å². The fourth-order valence-electron chi connectivity index (χ4n) is 9.10. The second-order valence-electron chi connectivity index (χ2n) is 16.9. The van der Waals surface area contributed by atoms with E-state index in [2.05, 4.69) is 49.5 Å². The molecule has 324 valence electrons. The Bertz CT molecular complexity index is 2890. The molecule has 4 amide bonds. The number of aromatic amines is 2. The second-order valence-corrected chi connectivity index (χ2v) is 16.9. The highest BCUT2D eigenvalue weighted by molar-refractivity contribution is 6.40. The lowest BCUT2D eigenvalue weighted by Crippen LogP contribution is -2.51. The molecule has 7 aromatic rings. The van der Waals surface area contributed by atoms with Gasteiger partial charge in [0.15, 0.2) is 0 Å². The van der Waals surface area contributed by atoms with Crippen molar-refractivity contribution in [2.45, 2.75) is 71.5 Å². The predicted molar refractivity (Wildman–Crippen MR) is 237 cm³/mol. The fourth-order valence-corrected chi connectivity index (χ4v) is 9.10. The molecule has 63 heavy (non-hydrogen) atoms. The summed E-state index contributed by atoms with van der Waals surface area (Å²) < 4.78 is 15.8. The Balaban J connectivity index is 0.965. The molecule has 5 aromatic heterocycles. The molecule has 2 aliphatic heterocycles. The van der Waals surface area contributed by atoms with Gasteiger partial charge in [0.1, 0.15) is 34.6 Å². The number of pyridine rings is 1. The predicted octanol–water partition coefficient (Wildman–Crippen LogP) is 8.59. The first-order valence-corrected chi connectivity index (χ1v) is 21.4. The number of amides is 4. The first-order chi connectivity index (χ1) is 30.4. The van der Waals surface area contributed by atoms with Crippen LogP contribution in [-0.2, 0) is 19.1 Å². The highest BCUT2D eigenvalue weighted by Gasteiger charge is 2.38. The number of carbonyl (C=O) groups excluding carboxylic acids is 4. The molecule has 9 rings (SSSR count). The minimum atomic E-state index is -0.798. The van der Waals surface area contributed by atoms with Gasteiger partial charge in [-0.15, -0.1) is 0 Å². The number of hydrogen-bond donors (Lipinski definition) is 3. The molecule has 3 atom stereocenters. The van der Waals surface area contributed by atoms with Gasteiger partial charge in [-0.05, 0) is 79.1 Å². The van der Waals surface area contributed by atoms with Crippen LogP contribution in [-0.4, -0.2) is 97.8 Å². The molecule has 0 saturated carbocycles. The number of furan rings is 2. The smallest absolute Gasteiger partial charge is 0.433 e. The summed E-state index contributed by atoms with van der Waals surface area (Å²) in [5.74, 6) is 0.529. The van der Waals surface area contributed by atoms with Crippen LogP contribution >= 0.6 is 0 Å². The van der Waals surface area contributed by atoms with E-state index in [1.165, 1.54) is 14.2 Å². The second kappa shape index (κ2) is 16.6. The Kier molecular flexibility index (Phi) is 10.9. The van der Waals surface area contributed by atoms with Crippen molar-refractivity contribution >= 4 is 62.7 Å². The third kappa shape index (κ3) is 7.52. The maximum absolute atomic E-state index is 13.8. The van der Waals surface area contributed by atoms with Gasteiger partial charge >= 0.3 is 12.2 Å². The Labute approximate surface area is 362 Å². The van der Waals surface area contributed by atoms with Gasteiger partial charge in [0.25, 0.3) is 5.91 Å². The number of H-pyrrole nitrogens is 2. The van der Waals surface area contributed by atoms with Crippen molar-refractivity contribution in [1.29, 1.82) is 0 Å². The number of benzene rings is 3. The normalized spacial score (nSPS) is 17.5. The van der Waals surface area contributed by atoms with Gasteiger partial charge < -0.3 is 39.0 Å². The molecule has 0 aliphatic carbocycles. The summed E-state index contributed by atoms with van der Waals surface area (Å²) in [7, 11) is 2.53. The Hall–Kier alpha value is -7.10. The summed E-state index contributed by atoms with van der Waals surface area (Å²) in [6.07, 6.45) is 5.24. The lowest BCUT2D eigenvalue weighted by Gasteiger charge is -2.29. The number of hydrogen-bond acceptors (Lipinski definition) is 10. The van der Waals surface area contributed by atoms with E-state index >= 15 is 0 Å². The van der Waals surface area contributed by atoms with E-state index in [0.29, 0.717) is 24.7 Å². The molecular weight excluding hydrogens is 803 g/mol. The fraction of sp³-hybridized carbons (Fsp3) is 0.362. The van der Waals surface area contributed by atoms with Gasteiger partial charge in [0, 0.05) is 47.1 Å². The molecule has 2 bridgehead atoms. The van der Waals surface area contributed by atoms with E-state index in [9.17, 15) is 19.2 Å². The van der Waals surface area contributed by atoms with Crippen LogP contribution in [0.15, 0.2) is 76.4 Å². The molecule has 7 heterocycles. The first-order valence-electron chi connectivity index (χ1n) is 21.4. The maximum Gasteiger partial charge on any atom is 0.433 e.